The number of anilines is 2. The molecule has 1 aromatic carbocycles. The van der Waals surface area contributed by atoms with Crippen LogP contribution in [-0.4, -0.2) is 37.5 Å². The van der Waals surface area contributed by atoms with Crippen molar-refractivity contribution >= 4 is 39.8 Å². The molecular weight excluding hydrogens is 380 g/mol. The number of ether oxygens (including phenoxy) is 2. The summed E-state index contributed by atoms with van der Waals surface area (Å²) in [4.78, 5) is 39.3. The number of para-hydroxylation sites is 2. The van der Waals surface area contributed by atoms with E-state index in [9.17, 15) is 14.4 Å². The highest BCUT2D eigenvalue weighted by Gasteiger charge is 2.26. The topological polar surface area (TPSA) is 84.9 Å². The number of amides is 2. The Hall–Kier alpha value is -2.87. The molecule has 0 fully saturated rings. The van der Waals surface area contributed by atoms with Crippen molar-refractivity contribution in [3.63, 3.8) is 0 Å². The Morgan fingerprint density at radius 3 is 2.82 bits per heavy atom. The standard InChI is InChI=1S/C20H22N2O5S/c1-3-13-11-14(20(25)26-4-2)19(28-13)21-17(23)9-10-22-15-7-5-6-8-16(15)27-12-18(22)24/h5-8,11H,3-4,9-10,12H2,1-2H3,(H,21,23). The molecule has 0 unspecified atom stereocenters. The summed E-state index contributed by atoms with van der Waals surface area (Å²) in [6.45, 7) is 4.17. The lowest BCUT2D eigenvalue weighted by molar-refractivity contribution is -0.121. The molecule has 0 radical (unpaired) electrons. The van der Waals surface area contributed by atoms with E-state index in [0.717, 1.165) is 11.3 Å². The molecule has 1 aromatic heterocycles. The van der Waals surface area contributed by atoms with Crippen LogP contribution in [0.3, 0.4) is 0 Å². The molecule has 3 rings (SSSR count). The zero-order valence-corrected chi connectivity index (χ0v) is 16.6. The Balaban J connectivity index is 1.68. The van der Waals surface area contributed by atoms with Crippen LogP contribution in [0.4, 0.5) is 10.7 Å². The Bertz CT molecular complexity index is 892. The summed E-state index contributed by atoms with van der Waals surface area (Å²) in [7, 11) is 0. The maximum atomic E-state index is 12.5. The fraction of sp³-hybridized carbons (Fsp3) is 0.350. The monoisotopic (exact) mass is 402 g/mol. The third-order valence-electron chi connectivity index (χ3n) is 4.25. The second kappa shape index (κ2) is 8.88. The van der Waals surface area contributed by atoms with Crippen LogP contribution in [-0.2, 0) is 20.7 Å². The van der Waals surface area contributed by atoms with Crippen LogP contribution in [0.5, 0.6) is 5.75 Å². The fourth-order valence-electron chi connectivity index (χ4n) is 2.87. The van der Waals surface area contributed by atoms with E-state index in [2.05, 4.69) is 5.32 Å². The van der Waals surface area contributed by atoms with Crippen molar-refractivity contribution in [2.75, 3.05) is 30.0 Å². The van der Waals surface area contributed by atoms with E-state index in [1.165, 1.54) is 11.3 Å². The highest BCUT2D eigenvalue weighted by Crippen LogP contribution is 2.32. The number of carbonyl (C=O) groups excluding carboxylic acids is 3. The van der Waals surface area contributed by atoms with E-state index in [1.54, 1.807) is 30.0 Å². The molecule has 0 saturated heterocycles. The number of benzene rings is 1. The van der Waals surface area contributed by atoms with Crippen molar-refractivity contribution in [2.24, 2.45) is 0 Å². The smallest absolute Gasteiger partial charge is 0.341 e. The molecule has 0 saturated carbocycles. The lowest BCUT2D eigenvalue weighted by Gasteiger charge is -2.29. The van der Waals surface area contributed by atoms with Crippen LogP contribution in [0.2, 0.25) is 0 Å². The minimum atomic E-state index is -0.453. The number of thiophene rings is 1. The predicted molar refractivity (Wildman–Crippen MR) is 107 cm³/mol. The van der Waals surface area contributed by atoms with Crippen LogP contribution < -0.4 is 15.0 Å². The van der Waals surface area contributed by atoms with Gasteiger partial charge in [0.1, 0.15) is 10.8 Å². The Kier molecular flexibility index (Phi) is 6.30. The highest BCUT2D eigenvalue weighted by molar-refractivity contribution is 7.16. The summed E-state index contributed by atoms with van der Waals surface area (Å²) in [6, 6.07) is 8.98. The van der Waals surface area contributed by atoms with E-state index >= 15 is 0 Å². The lowest BCUT2D eigenvalue weighted by Crippen LogP contribution is -2.40. The molecular formula is C20H22N2O5S. The second-order valence-corrected chi connectivity index (χ2v) is 7.27. The van der Waals surface area contributed by atoms with Gasteiger partial charge in [-0.3, -0.25) is 9.59 Å². The molecule has 2 heterocycles. The average molecular weight is 402 g/mol. The number of carbonyl (C=O) groups is 3. The zero-order valence-electron chi connectivity index (χ0n) is 15.8. The third kappa shape index (κ3) is 4.33. The predicted octanol–water partition coefficient (Wildman–Crippen LogP) is 3.24. The fourth-order valence-corrected chi connectivity index (χ4v) is 3.87. The first-order valence-corrected chi connectivity index (χ1v) is 9.97. The van der Waals surface area contributed by atoms with Gasteiger partial charge >= 0.3 is 5.97 Å². The molecule has 0 bridgehead atoms. The van der Waals surface area contributed by atoms with E-state index in [4.69, 9.17) is 9.47 Å². The number of nitrogens with zero attached hydrogens (tertiary/aromatic N) is 1. The highest BCUT2D eigenvalue weighted by atomic mass is 32.1. The zero-order chi connectivity index (χ0) is 20.1. The number of fused-ring (bicyclic) bond motifs is 1. The molecule has 1 N–H and O–H groups in total. The first kappa shape index (κ1) is 19.9. The summed E-state index contributed by atoms with van der Waals surface area (Å²) in [5, 5.41) is 3.27. The lowest BCUT2D eigenvalue weighted by atomic mass is 10.2. The summed E-state index contributed by atoms with van der Waals surface area (Å²) in [5.41, 5.74) is 1.02. The SMILES string of the molecule is CCOC(=O)c1cc(CC)sc1NC(=O)CCN1C(=O)COc2ccccc21. The average Bonchev–Trinajstić information content (AvgIpc) is 3.10. The van der Waals surface area contributed by atoms with E-state index < -0.39 is 5.97 Å². The molecule has 0 spiro atoms. The van der Waals surface area contributed by atoms with Crippen molar-refractivity contribution in [1.82, 2.24) is 0 Å². The molecule has 0 aliphatic carbocycles. The van der Waals surface area contributed by atoms with Crippen molar-refractivity contribution in [3.8, 4) is 5.75 Å². The molecule has 8 heteroatoms. The van der Waals surface area contributed by atoms with E-state index in [1.807, 2.05) is 19.1 Å². The summed E-state index contributed by atoms with van der Waals surface area (Å²) >= 11 is 1.36. The molecule has 148 valence electrons. The van der Waals surface area contributed by atoms with Crippen LogP contribution >= 0.6 is 11.3 Å². The van der Waals surface area contributed by atoms with Crippen LogP contribution in [0.15, 0.2) is 30.3 Å². The Morgan fingerprint density at radius 2 is 2.07 bits per heavy atom. The van der Waals surface area contributed by atoms with E-state index in [0.29, 0.717) is 22.0 Å². The van der Waals surface area contributed by atoms with Gasteiger partial charge in [0.05, 0.1) is 17.9 Å². The molecule has 0 atom stereocenters. The first-order valence-electron chi connectivity index (χ1n) is 9.15. The van der Waals surface area contributed by atoms with Gasteiger partial charge in [0.2, 0.25) is 5.91 Å². The molecule has 28 heavy (non-hydrogen) atoms. The van der Waals surface area contributed by atoms with Crippen LogP contribution in [0, 0.1) is 0 Å². The molecule has 1 aliphatic heterocycles. The second-order valence-electron chi connectivity index (χ2n) is 6.13. The number of hydrogen-bond acceptors (Lipinski definition) is 6. The molecule has 2 amide bonds. The molecule has 7 nitrogen and oxygen atoms in total. The van der Waals surface area contributed by atoms with Gasteiger partial charge in [0, 0.05) is 17.8 Å². The minimum absolute atomic E-state index is 0.0452. The number of nitrogens with one attached hydrogen (secondary N) is 1. The van der Waals surface area contributed by atoms with Crippen LogP contribution in [0.25, 0.3) is 0 Å². The normalized spacial score (nSPS) is 12.9. The van der Waals surface area contributed by atoms with Gasteiger partial charge in [0.25, 0.3) is 5.91 Å². The quantitative estimate of drug-likeness (QED) is 0.719. The van der Waals surface area contributed by atoms with Gasteiger partial charge in [-0.15, -0.1) is 11.3 Å². The van der Waals surface area contributed by atoms with Gasteiger partial charge in [-0.2, -0.15) is 0 Å². The third-order valence-corrected chi connectivity index (χ3v) is 5.45. The van der Waals surface area contributed by atoms with Gasteiger partial charge in [-0.1, -0.05) is 19.1 Å². The van der Waals surface area contributed by atoms with Crippen molar-refractivity contribution in [1.29, 1.82) is 0 Å². The largest absolute Gasteiger partial charge is 0.482 e. The number of hydrogen-bond donors (Lipinski definition) is 1. The van der Waals surface area contributed by atoms with Gasteiger partial charge in [0.15, 0.2) is 6.61 Å². The number of rotatable bonds is 7. The summed E-state index contributed by atoms with van der Waals surface area (Å²) in [6.07, 6.45) is 0.855. The van der Waals surface area contributed by atoms with Crippen molar-refractivity contribution in [3.05, 3.63) is 40.8 Å². The maximum absolute atomic E-state index is 12.5. The number of aryl methyl sites for hydroxylation is 1. The van der Waals surface area contributed by atoms with Gasteiger partial charge < -0.3 is 19.7 Å². The van der Waals surface area contributed by atoms with E-state index in [-0.39, 0.29) is 38.0 Å². The Labute approximate surface area is 167 Å². The maximum Gasteiger partial charge on any atom is 0.341 e. The minimum Gasteiger partial charge on any atom is -0.482 e. The van der Waals surface area contributed by atoms with Gasteiger partial charge in [-0.05, 0) is 31.5 Å². The van der Waals surface area contributed by atoms with Gasteiger partial charge in [-0.25, -0.2) is 4.79 Å². The number of esters is 1. The Morgan fingerprint density at radius 1 is 1.29 bits per heavy atom. The van der Waals surface area contributed by atoms with Crippen LogP contribution in [0.1, 0.15) is 35.5 Å². The molecule has 2 aromatic rings. The van der Waals surface area contributed by atoms with Crippen molar-refractivity contribution < 1.29 is 23.9 Å². The van der Waals surface area contributed by atoms with Crippen molar-refractivity contribution in [2.45, 2.75) is 26.7 Å². The summed E-state index contributed by atoms with van der Waals surface area (Å²) < 4.78 is 10.5. The first-order chi connectivity index (χ1) is 13.5. The molecule has 1 aliphatic rings. The summed E-state index contributed by atoms with van der Waals surface area (Å²) in [5.74, 6) is -0.293.